The van der Waals surface area contributed by atoms with Crippen LogP contribution >= 0.6 is 11.7 Å². The van der Waals surface area contributed by atoms with Crippen molar-refractivity contribution in [2.75, 3.05) is 52.6 Å². The molecular weight excluding hydrogens is 438 g/mol. The van der Waals surface area contributed by atoms with Crippen molar-refractivity contribution < 1.29 is 28.9 Å². The van der Waals surface area contributed by atoms with Crippen molar-refractivity contribution in [2.45, 2.75) is 51.7 Å². The number of hydrogen-bond acceptors (Lipinski definition) is 10. The molecule has 2 atom stereocenters. The van der Waals surface area contributed by atoms with Crippen molar-refractivity contribution in [3.63, 3.8) is 0 Å². The smallest absolute Gasteiger partial charge is 0.317 e. The molecule has 1 saturated heterocycles. The van der Waals surface area contributed by atoms with Gasteiger partial charge in [0.05, 0.1) is 38.0 Å². The number of amides is 2. The van der Waals surface area contributed by atoms with Gasteiger partial charge in [0.1, 0.15) is 18.4 Å². The predicted molar refractivity (Wildman–Crippen MR) is 119 cm³/mol. The highest BCUT2D eigenvalue weighted by Gasteiger charge is 2.24. The van der Waals surface area contributed by atoms with E-state index >= 15 is 0 Å². The van der Waals surface area contributed by atoms with Gasteiger partial charge in [0, 0.05) is 37.6 Å². The van der Waals surface area contributed by atoms with E-state index < -0.39 is 11.6 Å². The minimum Gasteiger partial charge on any atom is -0.473 e. The number of aliphatic hydroxyl groups is 1. The minimum atomic E-state index is -0.792. The van der Waals surface area contributed by atoms with E-state index in [1.54, 1.807) is 11.8 Å². The van der Waals surface area contributed by atoms with Gasteiger partial charge in [0.25, 0.3) is 0 Å². The molecule has 0 saturated carbocycles. The molecule has 1 aliphatic rings. The summed E-state index contributed by atoms with van der Waals surface area (Å²) in [6.45, 7) is 10.8. The van der Waals surface area contributed by atoms with Crippen LogP contribution in [-0.4, -0.2) is 95.0 Å². The average molecular weight is 474 g/mol. The molecule has 2 heterocycles. The van der Waals surface area contributed by atoms with E-state index in [4.69, 9.17) is 14.2 Å². The van der Waals surface area contributed by atoms with E-state index in [-0.39, 0.29) is 37.5 Å². The first-order valence-electron chi connectivity index (χ1n) is 10.9. The highest BCUT2D eigenvalue weighted by molar-refractivity contribution is 6.99. The maximum absolute atomic E-state index is 12.2. The van der Waals surface area contributed by atoms with Crippen LogP contribution in [0.3, 0.4) is 0 Å². The number of aromatic nitrogens is 2. The zero-order valence-electron chi connectivity index (χ0n) is 19.3. The molecule has 11 nitrogen and oxygen atoms in total. The van der Waals surface area contributed by atoms with Crippen molar-refractivity contribution >= 4 is 23.7 Å². The predicted octanol–water partition coefficient (Wildman–Crippen LogP) is 0.745. The lowest BCUT2D eigenvalue weighted by Crippen LogP contribution is -2.54. The molecule has 0 aromatic carbocycles. The topological polar surface area (TPSA) is 135 Å². The van der Waals surface area contributed by atoms with E-state index in [0.29, 0.717) is 51.0 Å². The number of ether oxygens (including phenoxy) is 3. The first-order chi connectivity index (χ1) is 15.2. The summed E-state index contributed by atoms with van der Waals surface area (Å²) in [7, 11) is 0. The molecule has 12 heteroatoms. The Morgan fingerprint density at radius 1 is 1.31 bits per heavy atom. The molecule has 0 radical (unpaired) electrons. The van der Waals surface area contributed by atoms with Crippen LogP contribution in [0.5, 0.6) is 5.88 Å². The molecule has 32 heavy (non-hydrogen) atoms. The van der Waals surface area contributed by atoms with Gasteiger partial charge >= 0.3 is 12.0 Å². The van der Waals surface area contributed by atoms with Gasteiger partial charge < -0.3 is 34.9 Å². The second-order valence-electron chi connectivity index (χ2n) is 8.35. The Bertz CT molecular complexity index is 725. The van der Waals surface area contributed by atoms with E-state index in [0.717, 1.165) is 11.7 Å². The van der Waals surface area contributed by atoms with Crippen LogP contribution in [0.1, 0.15) is 45.7 Å². The maximum atomic E-state index is 12.2. The number of carbonyl (C=O) groups excluding carboxylic acids is 2. The number of rotatable bonds is 12. The lowest BCUT2D eigenvalue weighted by molar-refractivity contribution is -0.143. The molecule has 1 aromatic rings. The summed E-state index contributed by atoms with van der Waals surface area (Å²) in [5.41, 5.74) is 0.152. The van der Waals surface area contributed by atoms with Gasteiger partial charge in [-0.05, 0) is 20.8 Å². The number of aliphatic hydroxyl groups excluding tert-OH is 1. The van der Waals surface area contributed by atoms with Crippen molar-refractivity contribution in [3.8, 4) is 5.88 Å². The number of hydrogen-bond donors (Lipinski definition) is 3. The molecule has 2 rings (SSSR count). The number of nitrogens with one attached hydrogen (secondary N) is 2. The minimum absolute atomic E-state index is 0.0216. The molecular formula is C20H35N5O6S. The zero-order valence-corrected chi connectivity index (χ0v) is 20.1. The zero-order chi connectivity index (χ0) is 23.6. The first-order valence-corrected chi connectivity index (χ1v) is 11.6. The third-order valence-electron chi connectivity index (χ3n) is 4.94. The molecule has 1 aromatic heterocycles. The SMILES string of the molecule is CCOC(=O)CC(C)c1nsnc1OCC(O)CNC(C)(C)CNC(=O)N1CCOCC1. The Labute approximate surface area is 193 Å². The molecule has 182 valence electrons. The second-order valence-corrected chi connectivity index (χ2v) is 8.88. The van der Waals surface area contributed by atoms with E-state index in [1.165, 1.54) is 0 Å². The number of urea groups is 1. The van der Waals surface area contributed by atoms with Gasteiger partial charge in [-0.25, -0.2) is 4.79 Å². The van der Waals surface area contributed by atoms with Crippen LogP contribution in [0, 0.1) is 0 Å². The van der Waals surface area contributed by atoms with Gasteiger partial charge in [-0.3, -0.25) is 4.79 Å². The van der Waals surface area contributed by atoms with Crippen LogP contribution < -0.4 is 15.4 Å². The Morgan fingerprint density at radius 3 is 2.72 bits per heavy atom. The number of morpholine rings is 1. The van der Waals surface area contributed by atoms with E-state index in [2.05, 4.69) is 19.4 Å². The Balaban J connectivity index is 1.72. The van der Waals surface area contributed by atoms with Crippen LogP contribution in [0.4, 0.5) is 4.79 Å². The quantitative estimate of drug-likeness (QED) is 0.376. The van der Waals surface area contributed by atoms with Gasteiger partial charge in [0.2, 0.25) is 5.88 Å². The summed E-state index contributed by atoms with van der Waals surface area (Å²) in [5, 5.41) is 16.5. The van der Waals surface area contributed by atoms with Gasteiger partial charge in [-0.2, -0.15) is 4.37 Å². The third kappa shape index (κ3) is 8.85. The molecule has 1 aliphatic heterocycles. The van der Waals surface area contributed by atoms with Crippen molar-refractivity contribution in [3.05, 3.63) is 5.69 Å². The fraction of sp³-hybridized carbons (Fsp3) is 0.800. The fourth-order valence-electron chi connectivity index (χ4n) is 3.02. The number of esters is 1. The molecule has 0 bridgehead atoms. The van der Waals surface area contributed by atoms with Crippen LogP contribution in [0.2, 0.25) is 0 Å². The lowest BCUT2D eigenvalue weighted by Gasteiger charge is -2.31. The summed E-state index contributed by atoms with van der Waals surface area (Å²) in [6.07, 6.45) is -0.608. The van der Waals surface area contributed by atoms with E-state index in [9.17, 15) is 14.7 Å². The highest BCUT2D eigenvalue weighted by atomic mass is 32.1. The lowest BCUT2D eigenvalue weighted by atomic mass is 10.0. The number of carbonyl (C=O) groups is 2. The number of nitrogens with zero attached hydrogens (tertiary/aromatic N) is 3. The molecule has 0 aliphatic carbocycles. The summed E-state index contributed by atoms with van der Waals surface area (Å²) in [5.74, 6) is -0.180. The average Bonchev–Trinajstić information content (AvgIpc) is 3.24. The monoisotopic (exact) mass is 473 g/mol. The van der Waals surface area contributed by atoms with Crippen molar-refractivity contribution in [2.24, 2.45) is 0 Å². The molecule has 2 unspecified atom stereocenters. The largest absolute Gasteiger partial charge is 0.473 e. The fourth-order valence-corrected chi connectivity index (χ4v) is 3.63. The summed E-state index contributed by atoms with van der Waals surface area (Å²) in [6, 6.07) is -0.118. The van der Waals surface area contributed by atoms with Crippen LogP contribution in [0.25, 0.3) is 0 Å². The van der Waals surface area contributed by atoms with Crippen LogP contribution in [0.15, 0.2) is 0 Å². The second kappa shape index (κ2) is 12.9. The summed E-state index contributed by atoms with van der Waals surface area (Å²) in [4.78, 5) is 25.7. The highest BCUT2D eigenvalue weighted by Crippen LogP contribution is 2.27. The molecule has 3 N–H and O–H groups in total. The first kappa shape index (κ1) is 26.2. The summed E-state index contributed by atoms with van der Waals surface area (Å²) < 4.78 is 24.2. The molecule has 0 spiro atoms. The number of β-amino-alcohol motifs (C(OH)–C–C–N with tert-alkyl or cyclic N) is 1. The Kier molecular flexibility index (Phi) is 10.6. The maximum Gasteiger partial charge on any atom is 0.317 e. The van der Waals surface area contributed by atoms with Crippen molar-refractivity contribution in [1.82, 2.24) is 24.3 Å². The van der Waals surface area contributed by atoms with Gasteiger partial charge in [-0.1, -0.05) is 6.92 Å². The van der Waals surface area contributed by atoms with Gasteiger partial charge in [0.15, 0.2) is 0 Å². The Hall–Kier alpha value is -2.02. The normalized spacial score (nSPS) is 16.3. The standard InChI is InChI=1S/C20H35N5O6S/c1-5-30-16(27)10-14(2)17-18(24-32-23-17)31-12-15(26)11-22-20(3,4)13-21-19(28)25-6-8-29-9-7-25/h14-15,22,26H,5-13H2,1-4H3,(H,21,28). The van der Waals surface area contributed by atoms with Gasteiger partial charge in [-0.15, -0.1) is 4.37 Å². The third-order valence-corrected chi connectivity index (χ3v) is 5.46. The molecule has 2 amide bonds. The van der Waals surface area contributed by atoms with Crippen LogP contribution in [-0.2, 0) is 14.3 Å². The Morgan fingerprint density at radius 2 is 2.03 bits per heavy atom. The van der Waals surface area contributed by atoms with E-state index in [1.807, 2.05) is 20.8 Å². The van der Waals surface area contributed by atoms with Crippen molar-refractivity contribution in [1.29, 1.82) is 0 Å². The summed E-state index contributed by atoms with van der Waals surface area (Å²) >= 11 is 0.999. The molecule has 1 fully saturated rings.